The molecule has 1 saturated carbocycles. The zero-order chi connectivity index (χ0) is 12.1. The van der Waals surface area contributed by atoms with Gasteiger partial charge in [-0.15, -0.1) is 0 Å². The van der Waals surface area contributed by atoms with Gasteiger partial charge in [0.25, 0.3) is 0 Å². The van der Waals surface area contributed by atoms with E-state index in [1.165, 1.54) is 64.6 Å². The molecule has 3 heteroatoms. The molecule has 2 N–H and O–H groups in total. The predicted molar refractivity (Wildman–Crippen MR) is 77.5 cm³/mol. The molecule has 1 saturated heterocycles. The number of nitrogens with zero attached hydrogens (tertiary/aromatic N) is 1. The fourth-order valence-corrected chi connectivity index (χ4v) is 4.02. The van der Waals surface area contributed by atoms with Crippen molar-refractivity contribution in [3.8, 4) is 0 Å². The second-order valence-corrected chi connectivity index (χ2v) is 7.01. The van der Waals surface area contributed by atoms with Crippen LogP contribution in [0.5, 0.6) is 0 Å². The summed E-state index contributed by atoms with van der Waals surface area (Å²) in [6.07, 6.45) is 11.7. The maximum absolute atomic E-state index is 5.97. The number of thioether (sulfide) groups is 1. The number of hydrogen-bond donors (Lipinski definition) is 1. The Balaban J connectivity index is 1.71. The predicted octanol–water partition coefficient (Wildman–Crippen LogP) is 2.72. The van der Waals surface area contributed by atoms with E-state index in [2.05, 4.69) is 22.9 Å². The molecular weight excluding hydrogens is 228 g/mol. The average Bonchev–Trinajstić information content (AvgIpc) is 2.57. The summed E-state index contributed by atoms with van der Waals surface area (Å²) in [5.41, 5.74) is 5.97. The first-order valence-electron chi connectivity index (χ1n) is 7.28. The highest BCUT2D eigenvalue weighted by atomic mass is 32.2. The van der Waals surface area contributed by atoms with Gasteiger partial charge in [0.15, 0.2) is 0 Å². The van der Waals surface area contributed by atoms with Gasteiger partial charge in [0, 0.05) is 17.8 Å². The van der Waals surface area contributed by atoms with Crippen LogP contribution in [0.2, 0.25) is 0 Å². The summed E-state index contributed by atoms with van der Waals surface area (Å²) in [7, 11) is 0. The summed E-state index contributed by atoms with van der Waals surface area (Å²) in [4.78, 5) is 2.72. The number of nitrogens with two attached hydrogens (primary N) is 1. The molecule has 0 amide bonds. The minimum Gasteiger partial charge on any atom is -0.328 e. The zero-order valence-electron chi connectivity index (χ0n) is 11.2. The Kier molecular flexibility index (Phi) is 5.64. The van der Waals surface area contributed by atoms with Gasteiger partial charge in [0.2, 0.25) is 0 Å². The van der Waals surface area contributed by atoms with Gasteiger partial charge in [-0.05, 0) is 70.2 Å². The number of hydrogen-bond acceptors (Lipinski definition) is 3. The highest BCUT2D eigenvalue weighted by Gasteiger charge is 2.22. The highest BCUT2D eigenvalue weighted by Crippen LogP contribution is 2.26. The maximum atomic E-state index is 5.97. The molecule has 0 aromatic carbocycles. The molecule has 1 unspecified atom stereocenters. The first-order chi connectivity index (χ1) is 8.28. The molecule has 2 nitrogen and oxygen atoms in total. The minimum atomic E-state index is 0.497. The number of likely N-dealkylation sites (tertiary alicyclic amines) is 1. The molecule has 1 aliphatic carbocycles. The Hall–Kier alpha value is 0.270. The normalized spacial score (nSPS) is 36.7. The van der Waals surface area contributed by atoms with Gasteiger partial charge in [0.1, 0.15) is 0 Å². The second-order valence-electron chi connectivity index (χ2n) is 5.87. The molecule has 2 aliphatic rings. The zero-order valence-corrected chi connectivity index (χ0v) is 12.1. The van der Waals surface area contributed by atoms with E-state index in [9.17, 15) is 0 Å². The molecule has 2 fully saturated rings. The van der Waals surface area contributed by atoms with Gasteiger partial charge in [-0.25, -0.2) is 0 Å². The molecule has 1 heterocycles. The molecule has 2 rings (SSSR count). The third-order valence-electron chi connectivity index (χ3n) is 4.51. The summed E-state index contributed by atoms with van der Waals surface area (Å²) in [5.74, 6) is 0.931. The van der Waals surface area contributed by atoms with Crippen molar-refractivity contribution >= 4 is 11.8 Å². The molecule has 0 radical (unpaired) electrons. The summed E-state index contributed by atoms with van der Waals surface area (Å²) >= 11 is 2.06. The van der Waals surface area contributed by atoms with Gasteiger partial charge in [-0.1, -0.05) is 0 Å². The minimum absolute atomic E-state index is 0.497. The quantitative estimate of drug-likeness (QED) is 0.842. The molecule has 0 aromatic heterocycles. The Labute approximate surface area is 111 Å². The molecule has 0 spiro atoms. The van der Waals surface area contributed by atoms with E-state index in [1.807, 2.05) is 0 Å². The smallest absolute Gasteiger partial charge is 0.00569 e. The first-order valence-corrected chi connectivity index (χ1v) is 8.57. The van der Waals surface area contributed by atoms with Crippen LogP contribution >= 0.6 is 11.8 Å². The van der Waals surface area contributed by atoms with Crippen LogP contribution in [0.15, 0.2) is 0 Å². The van der Waals surface area contributed by atoms with Crippen LogP contribution < -0.4 is 5.73 Å². The summed E-state index contributed by atoms with van der Waals surface area (Å²) < 4.78 is 0. The van der Waals surface area contributed by atoms with Crippen molar-refractivity contribution in [1.29, 1.82) is 0 Å². The summed E-state index contributed by atoms with van der Waals surface area (Å²) in [5, 5.41) is 0.916. The van der Waals surface area contributed by atoms with E-state index in [1.54, 1.807) is 0 Å². The Morgan fingerprint density at radius 2 is 1.82 bits per heavy atom. The fraction of sp³-hybridized carbons (Fsp3) is 1.00. The largest absolute Gasteiger partial charge is 0.328 e. The van der Waals surface area contributed by atoms with Crippen LogP contribution in [0, 0.1) is 5.92 Å². The summed E-state index contributed by atoms with van der Waals surface area (Å²) in [6.45, 7) is 4.00. The fourth-order valence-electron chi connectivity index (χ4n) is 3.28. The Morgan fingerprint density at radius 3 is 2.53 bits per heavy atom. The lowest BCUT2D eigenvalue weighted by atomic mass is 9.86. The summed E-state index contributed by atoms with van der Waals surface area (Å²) in [6, 6.07) is 0.497. The van der Waals surface area contributed by atoms with E-state index >= 15 is 0 Å². The van der Waals surface area contributed by atoms with Crippen LogP contribution in [0.1, 0.15) is 44.9 Å². The second kappa shape index (κ2) is 7.01. The van der Waals surface area contributed by atoms with Crippen LogP contribution in [0.4, 0.5) is 0 Å². The van der Waals surface area contributed by atoms with Crippen molar-refractivity contribution in [1.82, 2.24) is 4.90 Å². The van der Waals surface area contributed by atoms with Gasteiger partial charge < -0.3 is 10.6 Å². The van der Waals surface area contributed by atoms with E-state index < -0.39 is 0 Å². The lowest BCUT2D eigenvalue weighted by Gasteiger charge is -2.31. The van der Waals surface area contributed by atoms with Crippen LogP contribution in [0.25, 0.3) is 0 Å². The van der Waals surface area contributed by atoms with Gasteiger partial charge in [0.05, 0.1) is 0 Å². The molecular formula is C14H28N2S. The van der Waals surface area contributed by atoms with Gasteiger partial charge in [-0.2, -0.15) is 11.8 Å². The first kappa shape index (κ1) is 13.7. The van der Waals surface area contributed by atoms with E-state index in [-0.39, 0.29) is 0 Å². The van der Waals surface area contributed by atoms with Crippen molar-refractivity contribution in [2.75, 3.05) is 25.9 Å². The Bertz CT molecular complexity index is 214. The lowest BCUT2D eigenvalue weighted by molar-refractivity contribution is 0.200. The molecule has 100 valence electrons. The third-order valence-corrected chi connectivity index (χ3v) is 5.65. The molecule has 0 bridgehead atoms. The van der Waals surface area contributed by atoms with Crippen molar-refractivity contribution in [2.45, 2.75) is 56.2 Å². The van der Waals surface area contributed by atoms with E-state index in [0.717, 1.165) is 11.2 Å². The van der Waals surface area contributed by atoms with Gasteiger partial charge >= 0.3 is 0 Å². The Morgan fingerprint density at radius 1 is 1.06 bits per heavy atom. The highest BCUT2D eigenvalue weighted by molar-refractivity contribution is 7.99. The van der Waals surface area contributed by atoms with Crippen molar-refractivity contribution < 1.29 is 0 Å². The monoisotopic (exact) mass is 256 g/mol. The van der Waals surface area contributed by atoms with Crippen LogP contribution in [0.3, 0.4) is 0 Å². The van der Waals surface area contributed by atoms with Crippen molar-refractivity contribution in [3.05, 3.63) is 0 Å². The maximum Gasteiger partial charge on any atom is 0.00569 e. The van der Waals surface area contributed by atoms with Crippen molar-refractivity contribution in [3.63, 3.8) is 0 Å². The number of rotatable bonds is 3. The van der Waals surface area contributed by atoms with Crippen LogP contribution in [-0.4, -0.2) is 42.1 Å². The molecule has 1 aliphatic heterocycles. The van der Waals surface area contributed by atoms with E-state index in [4.69, 9.17) is 5.73 Å². The SMILES string of the molecule is CSC1CCCN(CC2CCC(N)CC2)CC1. The lowest BCUT2D eigenvalue weighted by Crippen LogP contribution is -2.35. The molecule has 17 heavy (non-hydrogen) atoms. The van der Waals surface area contributed by atoms with Gasteiger partial charge in [-0.3, -0.25) is 0 Å². The average molecular weight is 256 g/mol. The molecule has 1 atom stereocenters. The molecule has 0 aromatic rings. The standard InChI is InChI=1S/C14H28N2S/c1-17-14-3-2-9-16(10-8-14)11-12-4-6-13(15)7-5-12/h12-14H,2-11,15H2,1H3. The van der Waals surface area contributed by atoms with E-state index in [0.29, 0.717) is 6.04 Å². The van der Waals surface area contributed by atoms with Crippen LogP contribution in [-0.2, 0) is 0 Å². The topological polar surface area (TPSA) is 29.3 Å². The third kappa shape index (κ3) is 4.46. The van der Waals surface area contributed by atoms with Crippen molar-refractivity contribution in [2.24, 2.45) is 11.7 Å².